The van der Waals surface area contributed by atoms with Crippen LogP contribution in [0.15, 0.2) is 42.5 Å². The average molecular weight is 307 g/mol. The number of benzene rings is 2. The van der Waals surface area contributed by atoms with Gasteiger partial charge in [-0.15, -0.1) is 0 Å². The third-order valence-electron chi connectivity index (χ3n) is 3.75. The van der Waals surface area contributed by atoms with Gasteiger partial charge in [0.2, 0.25) is 0 Å². The van der Waals surface area contributed by atoms with Crippen molar-refractivity contribution >= 4 is 11.4 Å². The van der Waals surface area contributed by atoms with E-state index >= 15 is 0 Å². The molecular weight excluding hydrogens is 286 g/mol. The fraction of sp³-hybridized carbons (Fsp3) is 0.222. The molecule has 2 aromatic carbocycles. The minimum atomic E-state index is 0.129. The van der Waals surface area contributed by atoms with E-state index in [4.69, 9.17) is 11.5 Å². The molecular formula is C18H21N5. The van der Waals surface area contributed by atoms with Crippen LogP contribution in [0, 0.1) is 0 Å². The Morgan fingerprint density at radius 3 is 2.04 bits per heavy atom. The smallest absolute Gasteiger partial charge is 0.181 e. The van der Waals surface area contributed by atoms with Crippen molar-refractivity contribution in [1.29, 1.82) is 0 Å². The highest BCUT2D eigenvalue weighted by Gasteiger charge is 2.14. The van der Waals surface area contributed by atoms with Gasteiger partial charge in [-0.25, -0.2) is 4.98 Å². The lowest BCUT2D eigenvalue weighted by Gasteiger charge is -2.18. The van der Waals surface area contributed by atoms with Crippen molar-refractivity contribution in [2.24, 2.45) is 0 Å². The van der Waals surface area contributed by atoms with E-state index in [0.29, 0.717) is 17.2 Å². The number of rotatable bonds is 2. The van der Waals surface area contributed by atoms with E-state index in [0.717, 1.165) is 17.0 Å². The number of nitrogen functional groups attached to an aromatic ring is 2. The van der Waals surface area contributed by atoms with Crippen molar-refractivity contribution in [1.82, 2.24) is 15.2 Å². The molecule has 0 fully saturated rings. The number of hydrogen-bond acceptors (Lipinski definition) is 4. The summed E-state index contributed by atoms with van der Waals surface area (Å²) in [6.07, 6.45) is 0. The fourth-order valence-electron chi connectivity index (χ4n) is 2.45. The molecule has 5 N–H and O–H groups in total. The van der Waals surface area contributed by atoms with Crippen molar-refractivity contribution in [2.75, 3.05) is 11.5 Å². The highest BCUT2D eigenvalue weighted by molar-refractivity contribution is 5.69. The number of nitrogens with two attached hydrogens (primary N) is 2. The minimum absolute atomic E-state index is 0.129. The molecule has 3 aromatic rings. The monoisotopic (exact) mass is 307 g/mol. The molecule has 0 amide bonds. The number of hydrogen-bond donors (Lipinski definition) is 3. The zero-order valence-electron chi connectivity index (χ0n) is 13.6. The maximum Gasteiger partial charge on any atom is 0.181 e. The van der Waals surface area contributed by atoms with Crippen LogP contribution in [0.2, 0.25) is 0 Å². The van der Waals surface area contributed by atoms with Crippen LogP contribution >= 0.6 is 0 Å². The lowest BCUT2D eigenvalue weighted by molar-refractivity contribution is 0.590. The number of aromatic amines is 1. The summed E-state index contributed by atoms with van der Waals surface area (Å²) in [7, 11) is 0. The summed E-state index contributed by atoms with van der Waals surface area (Å²) >= 11 is 0. The molecule has 5 heteroatoms. The van der Waals surface area contributed by atoms with Gasteiger partial charge in [-0.2, -0.15) is 5.10 Å². The first-order chi connectivity index (χ1) is 10.8. The van der Waals surface area contributed by atoms with Gasteiger partial charge in [-0.05, 0) is 29.2 Å². The summed E-state index contributed by atoms with van der Waals surface area (Å²) < 4.78 is 0. The highest BCUT2D eigenvalue weighted by atomic mass is 15.2. The van der Waals surface area contributed by atoms with Gasteiger partial charge in [0.25, 0.3) is 0 Å². The summed E-state index contributed by atoms with van der Waals surface area (Å²) in [5.74, 6) is 1.31. The highest BCUT2D eigenvalue weighted by Crippen LogP contribution is 2.26. The Morgan fingerprint density at radius 2 is 1.48 bits per heavy atom. The summed E-state index contributed by atoms with van der Waals surface area (Å²) in [6, 6.07) is 13.7. The van der Waals surface area contributed by atoms with Crippen LogP contribution in [-0.4, -0.2) is 15.2 Å². The van der Waals surface area contributed by atoms with Crippen LogP contribution in [0.25, 0.3) is 22.8 Å². The van der Waals surface area contributed by atoms with E-state index in [1.165, 1.54) is 5.56 Å². The largest absolute Gasteiger partial charge is 0.399 e. The first kappa shape index (κ1) is 15.1. The van der Waals surface area contributed by atoms with Crippen molar-refractivity contribution < 1.29 is 0 Å². The molecule has 5 nitrogen and oxygen atoms in total. The molecule has 0 aliphatic heterocycles. The first-order valence-electron chi connectivity index (χ1n) is 7.53. The molecule has 0 unspecified atom stereocenters. The van der Waals surface area contributed by atoms with E-state index in [1.807, 2.05) is 12.1 Å². The number of nitrogens with one attached hydrogen (secondary N) is 1. The fourth-order valence-corrected chi connectivity index (χ4v) is 2.45. The Morgan fingerprint density at radius 1 is 0.870 bits per heavy atom. The molecule has 23 heavy (non-hydrogen) atoms. The van der Waals surface area contributed by atoms with Crippen molar-refractivity contribution in [3.05, 3.63) is 48.0 Å². The summed E-state index contributed by atoms with van der Waals surface area (Å²) in [5.41, 5.74) is 16.1. The average Bonchev–Trinajstić information content (AvgIpc) is 2.95. The number of aromatic nitrogens is 3. The molecule has 0 aliphatic carbocycles. The number of nitrogens with zero attached hydrogens (tertiary/aromatic N) is 2. The maximum atomic E-state index is 5.83. The molecule has 118 valence electrons. The lowest BCUT2D eigenvalue weighted by Crippen LogP contribution is -2.10. The molecule has 0 saturated carbocycles. The van der Waals surface area contributed by atoms with Crippen LogP contribution in [0.4, 0.5) is 11.4 Å². The van der Waals surface area contributed by atoms with Crippen molar-refractivity contribution in [3.63, 3.8) is 0 Å². The van der Waals surface area contributed by atoms with E-state index in [2.05, 4.69) is 60.2 Å². The molecule has 0 aliphatic rings. The van der Waals surface area contributed by atoms with Crippen LogP contribution in [0.1, 0.15) is 26.3 Å². The normalized spacial score (nSPS) is 11.6. The molecule has 0 bridgehead atoms. The number of anilines is 2. The molecule has 0 saturated heterocycles. The van der Waals surface area contributed by atoms with Gasteiger partial charge >= 0.3 is 0 Å². The first-order valence-corrected chi connectivity index (χ1v) is 7.53. The lowest BCUT2D eigenvalue weighted by atomic mass is 9.87. The van der Waals surface area contributed by atoms with Crippen LogP contribution in [0.5, 0.6) is 0 Å². The molecule has 0 radical (unpaired) electrons. The molecule has 1 heterocycles. The van der Waals surface area contributed by atoms with Gasteiger partial charge < -0.3 is 11.5 Å². The van der Waals surface area contributed by atoms with E-state index in [9.17, 15) is 0 Å². The van der Waals surface area contributed by atoms with Crippen molar-refractivity contribution in [2.45, 2.75) is 26.2 Å². The Labute approximate surface area is 135 Å². The van der Waals surface area contributed by atoms with Crippen LogP contribution in [-0.2, 0) is 5.41 Å². The predicted molar refractivity (Wildman–Crippen MR) is 94.8 cm³/mol. The second-order valence-corrected chi connectivity index (χ2v) is 6.72. The zero-order chi connectivity index (χ0) is 16.6. The molecule has 1 aromatic heterocycles. The summed E-state index contributed by atoms with van der Waals surface area (Å²) in [6.45, 7) is 6.58. The van der Waals surface area contributed by atoms with Crippen molar-refractivity contribution in [3.8, 4) is 22.8 Å². The van der Waals surface area contributed by atoms with E-state index in [-0.39, 0.29) is 5.41 Å². The third kappa shape index (κ3) is 3.18. The standard InChI is InChI=1S/C18H21N5/c1-18(2,3)13-6-4-11(5-7-13)16-21-17(23-22-16)12-8-14(19)10-15(20)9-12/h4-10H,19-20H2,1-3H3,(H,21,22,23). The van der Waals surface area contributed by atoms with Gasteiger partial charge in [0, 0.05) is 22.5 Å². The number of H-pyrrole nitrogens is 1. The molecule has 0 atom stereocenters. The van der Waals surface area contributed by atoms with Gasteiger partial charge in [-0.1, -0.05) is 45.0 Å². The Kier molecular flexibility index (Phi) is 3.56. The summed E-state index contributed by atoms with van der Waals surface area (Å²) in [5, 5.41) is 7.24. The van der Waals surface area contributed by atoms with Crippen LogP contribution in [0.3, 0.4) is 0 Å². The third-order valence-corrected chi connectivity index (χ3v) is 3.75. The van der Waals surface area contributed by atoms with E-state index < -0.39 is 0 Å². The minimum Gasteiger partial charge on any atom is -0.399 e. The second-order valence-electron chi connectivity index (χ2n) is 6.72. The zero-order valence-corrected chi connectivity index (χ0v) is 13.6. The van der Waals surface area contributed by atoms with Gasteiger partial charge in [0.15, 0.2) is 11.6 Å². The van der Waals surface area contributed by atoms with Gasteiger partial charge in [0.05, 0.1) is 0 Å². The topological polar surface area (TPSA) is 93.6 Å². The molecule has 0 spiro atoms. The Bertz CT molecular complexity index is 805. The SMILES string of the molecule is CC(C)(C)c1ccc(-c2nc(-c3cc(N)cc(N)c3)n[nH]2)cc1. The Hall–Kier alpha value is -2.82. The maximum absolute atomic E-state index is 5.83. The second kappa shape index (κ2) is 5.43. The van der Waals surface area contributed by atoms with E-state index in [1.54, 1.807) is 6.07 Å². The Balaban J connectivity index is 1.92. The molecule has 3 rings (SSSR count). The van der Waals surface area contributed by atoms with Gasteiger partial charge in [-0.3, -0.25) is 5.10 Å². The van der Waals surface area contributed by atoms with Crippen LogP contribution < -0.4 is 11.5 Å². The summed E-state index contributed by atoms with van der Waals surface area (Å²) in [4.78, 5) is 4.55. The predicted octanol–water partition coefficient (Wildman–Crippen LogP) is 3.60. The quantitative estimate of drug-likeness (QED) is 0.630. The van der Waals surface area contributed by atoms with Gasteiger partial charge in [0.1, 0.15) is 0 Å².